The number of hydrogen-bond acceptors (Lipinski definition) is 4. The van der Waals surface area contributed by atoms with Gasteiger partial charge in [0.15, 0.2) is 0 Å². The summed E-state index contributed by atoms with van der Waals surface area (Å²) in [5.41, 5.74) is 0.250. The van der Waals surface area contributed by atoms with Crippen molar-refractivity contribution in [3.05, 3.63) is 23.8 Å². The zero-order valence-electron chi connectivity index (χ0n) is 12.8. The number of ether oxygens (including phenoxy) is 1. The molecule has 0 aromatic heterocycles. The minimum atomic E-state index is -3.59. The first-order valence-corrected chi connectivity index (χ1v) is 9.24. The van der Waals surface area contributed by atoms with Crippen molar-refractivity contribution in [3.8, 4) is 11.8 Å². The van der Waals surface area contributed by atoms with E-state index < -0.39 is 10.0 Å². The van der Waals surface area contributed by atoms with E-state index >= 15 is 0 Å². The maximum absolute atomic E-state index is 12.4. The van der Waals surface area contributed by atoms with Gasteiger partial charge in [-0.1, -0.05) is 26.2 Å². The second-order valence-corrected chi connectivity index (χ2v) is 7.29. The molecule has 1 aliphatic rings. The van der Waals surface area contributed by atoms with Crippen LogP contribution in [0.5, 0.6) is 5.75 Å². The highest BCUT2D eigenvalue weighted by Crippen LogP contribution is 2.24. The third-order valence-corrected chi connectivity index (χ3v) is 5.29. The van der Waals surface area contributed by atoms with Crippen LogP contribution in [-0.4, -0.2) is 21.1 Å². The van der Waals surface area contributed by atoms with Gasteiger partial charge in [0.05, 0.1) is 17.1 Å². The van der Waals surface area contributed by atoms with E-state index in [-0.39, 0.29) is 16.5 Å². The Labute approximate surface area is 132 Å². The Bertz CT molecular complexity index is 644. The first kappa shape index (κ1) is 16.8. The van der Waals surface area contributed by atoms with Crippen LogP contribution in [0.3, 0.4) is 0 Å². The quantitative estimate of drug-likeness (QED) is 0.873. The van der Waals surface area contributed by atoms with E-state index in [1.165, 1.54) is 18.6 Å². The summed E-state index contributed by atoms with van der Waals surface area (Å²) in [6, 6.07) is 6.44. The average Bonchev–Trinajstić information content (AvgIpc) is 2.53. The monoisotopic (exact) mass is 322 g/mol. The van der Waals surface area contributed by atoms with Crippen LogP contribution in [0, 0.1) is 11.3 Å². The lowest BCUT2D eigenvalue weighted by molar-refractivity contribution is 0.316. The van der Waals surface area contributed by atoms with Gasteiger partial charge in [0.25, 0.3) is 0 Å². The molecule has 22 heavy (non-hydrogen) atoms. The Hall–Kier alpha value is -1.58. The SMILES string of the molecule is CCCOc1ccc(S(=O)(=O)NC2CCCCC2)cc1C#N. The Balaban J connectivity index is 2.18. The molecule has 0 heterocycles. The Morgan fingerprint density at radius 1 is 1.32 bits per heavy atom. The molecule has 0 radical (unpaired) electrons. The molecule has 1 fully saturated rings. The number of sulfonamides is 1. The Morgan fingerprint density at radius 2 is 2.05 bits per heavy atom. The molecule has 1 aromatic rings. The largest absolute Gasteiger partial charge is 0.492 e. The number of nitrogens with zero attached hydrogens (tertiary/aromatic N) is 1. The van der Waals surface area contributed by atoms with E-state index in [4.69, 9.17) is 4.74 Å². The van der Waals surface area contributed by atoms with Crippen LogP contribution in [0.2, 0.25) is 0 Å². The van der Waals surface area contributed by atoms with E-state index in [1.807, 2.05) is 13.0 Å². The molecule has 0 bridgehead atoms. The minimum Gasteiger partial charge on any atom is -0.492 e. The minimum absolute atomic E-state index is 0.000281. The number of nitrogens with one attached hydrogen (secondary N) is 1. The summed E-state index contributed by atoms with van der Waals surface area (Å²) in [5.74, 6) is 0.431. The van der Waals surface area contributed by atoms with Gasteiger partial charge in [-0.2, -0.15) is 5.26 Å². The smallest absolute Gasteiger partial charge is 0.240 e. The summed E-state index contributed by atoms with van der Waals surface area (Å²) in [4.78, 5) is 0.124. The lowest BCUT2D eigenvalue weighted by Crippen LogP contribution is -2.36. The molecule has 2 rings (SSSR count). The van der Waals surface area contributed by atoms with Crippen molar-refractivity contribution in [2.75, 3.05) is 6.61 Å². The van der Waals surface area contributed by atoms with Gasteiger partial charge in [0.1, 0.15) is 11.8 Å². The third-order valence-electron chi connectivity index (χ3n) is 3.77. The maximum atomic E-state index is 12.4. The van der Waals surface area contributed by atoms with Crippen molar-refractivity contribution in [3.63, 3.8) is 0 Å². The molecular weight excluding hydrogens is 300 g/mol. The Kier molecular flexibility index (Phi) is 5.81. The van der Waals surface area contributed by atoms with Crippen molar-refractivity contribution < 1.29 is 13.2 Å². The molecular formula is C16H22N2O3S. The summed E-state index contributed by atoms with van der Waals surface area (Å²) in [6.07, 6.45) is 5.86. The topological polar surface area (TPSA) is 79.2 Å². The molecule has 5 nitrogen and oxygen atoms in total. The molecule has 0 spiro atoms. The highest BCUT2D eigenvalue weighted by atomic mass is 32.2. The lowest BCUT2D eigenvalue weighted by atomic mass is 9.96. The van der Waals surface area contributed by atoms with Crippen LogP contribution in [0.1, 0.15) is 51.0 Å². The maximum Gasteiger partial charge on any atom is 0.240 e. The first-order chi connectivity index (χ1) is 10.6. The van der Waals surface area contributed by atoms with Gasteiger partial charge in [-0.3, -0.25) is 0 Å². The summed E-state index contributed by atoms with van der Waals surface area (Å²) in [5, 5.41) is 9.18. The molecule has 0 atom stereocenters. The predicted molar refractivity (Wildman–Crippen MR) is 84.1 cm³/mol. The zero-order chi connectivity index (χ0) is 16.0. The van der Waals surface area contributed by atoms with Gasteiger partial charge in [-0.15, -0.1) is 0 Å². The zero-order valence-corrected chi connectivity index (χ0v) is 13.7. The van der Waals surface area contributed by atoms with Gasteiger partial charge in [0.2, 0.25) is 10.0 Å². The van der Waals surface area contributed by atoms with E-state index in [1.54, 1.807) is 6.07 Å². The normalized spacial score (nSPS) is 16.2. The van der Waals surface area contributed by atoms with Gasteiger partial charge in [-0.05, 0) is 37.5 Å². The third kappa shape index (κ3) is 4.21. The van der Waals surface area contributed by atoms with E-state index in [0.29, 0.717) is 12.4 Å². The number of hydrogen-bond donors (Lipinski definition) is 1. The summed E-state index contributed by atoms with van der Waals surface area (Å²) in [6.45, 7) is 2.47. The number of rotatable bonds is 6. The van der Waals surface area contributed by atoms with Crippen LogP contribution in [0.25, 0.3) is 0 Å². The molecule has 1 aromatic carbocycles. The molecule has 1 aliphatic carbocycles. The van der Waals surface area contributed by atoms with E-state index in [0.717, 1.165) is 32.1 Å². The van der Waals surface area contributed by atoms with Gasteiger partial charge < -0.3 is 4.74 Å². The fraction of sp³-hybridized carbons (Fsp3) is 0.562. The standard InChI is InChI=1S/C16H22N2O3S/c1-2-10-21-16-9-8-15(11-13(16)12-17)22(19,20)18-14-6-4-3-5-7-14/h8-9,11,14,18H,2-7,10H2,1H3. The summed E-state index contributed by atoms with van der Waals surface area (Å²) < 4.78 is 33.1. The first-order valence-electron chi connectivity index (χ1n) is 7.76. The number of benzene rings is 1. The molecule has 0 aliphatic heterocycles. The molecule has 0 saturated heterocycles. The average molecular weight is 322 g/mol. The van der Waals surface area contributed by atoms with Gasteiger partial charge in [0, 0.05) is 6.04 Å². The Morgan fingerprint density at radius 3 is 2.68 bits per heavy atom. The summed E-state index contributed by atoms with van der Waals surface area (Å²) in [7, 11) is -3.59. The molecule has 1 saturated carbocycles. The highest BCUT2D eigenvalue weighted by Gasteiger charge is 2.22. The van der Waals surface area contributed by atoms with Crippen LogP contribution in [-0.2, 0) is 10.0 Å². The van der Waals surface area contributed by atoms with Crippen LogP contribution in [0.4, 0.5) is 0 Å². The second-order valence-electron chi connectivity index (χ2n) is 5.57. The predicted octanol–water partition coefficient (Wildman–Crippen LogP) is 2.96. The van der Waals surface area contributed by atoms with Crippen molar-refractivity contribution >= 4 is 10.0 Å². The lowest BCUT2D eigenvalue weighted by Gasteiger charge is -2.22. The molecule has 1 N–H and O–H groups in total. The number of nitriles is 1. The van der Waals surface area contributed by atoms with Crippen molar-refractivity contribution in [1.29, 1.82) is 5.26 Å². The summed E-state index contributed by atoms with van der Waals surface area (Å²) >= 11 is 0. The van der Waals surface area contributed by atoms with Gasteiger partial charge in [-0.25, -0.2) is 13.1 Å². The second kappa shape index (κ2) is 7.61. The van der Waals surface area contributed by atoms with Crippen LogP contribution in [0.15, 0.2) is 23.1 Å². The molecule has 6 heteroatoms. The highest BCUT2D eigenvalue weighted by molar-refractivity contribution is 7.89. The van der Waals surface area contributed by atoms with Crippen LogP contribution >= 0.6 is 0 Å². The van der Waals surface area contributed by atoms with Crippen molar-refractivity contribution in [1.82, 2.24) is 4.72 Å². The van der Waals surface area contributed by atoms with E-state index in [2.05, 4.69) is 4.72 Å². The molecule has 0 amide bonds. The van der Waals surface area contributed by atoms with Crippen molar-refractivity contribution in [2.24, 2.45) is 0 Å². The fourth-order valence-electron chi connectivity index (χ4n) is 2.61. The van der Waals surface area contributed by atoms with Crippen molar-refractivity contribution in [2.45, 2.75) is 56.4 Å². The van der Waals surface area contributed by atoms with Crippen LogP contribution < -0.4 is 9.46 Å². The van der Waals surface area contributed by atoms with E-state index in [9.17, 15) is 13.7 Å². The fourth-order valence-corrected chi connectivity index (χ4v) is 3.94. The molecule has 120 valence electrons. The molecule has 0 unspecified atom stereocenters. The van der Waals surface area contributed by atoms with Gasteiger partial charge >= 0.3 is 0 Å².